The molecule has 2 aromatic carbocycles. The van der Waals surface area contributed by atoms with Crippen molar-refractivity contribution in [3.63, 3.8) is 0 Å². The first-order valence-electron chi connectivity index (χ1n) is 8.64. The van der Waals surface area contributed by atoms with Crippen molar-refractivity contribution >= 4 is 57.2 Å². The average Bonchev–Trinajstić information content (AvgIpc) is 3.21. The molecule has 2 heterocycles. The van der Waals surface area contributed by atoms with Gasteiger partial charge in [0.25, 0.3) is 0 Å². The monoisotopic (exact) mass is 454 g/mol. The van der Waals surface area contributed by atoms with E-state index < -0.39 is 5.63 Å². The van der Waals surface area contributed by atoms with E-state index in [0.29, 0.717) is 43.2 Å². The summed E-state index contributed by atoms with van der Waals surface area (Å²) in [4.78, 5) is 16.9. The van der Waals surface area contributed by atoms with Crippen LogP contribution in [-0.2, 0) is 0 Å². The lowest BCUT2D eigenvalue weighted by atomic mass is 10.1. The van der Waals surface area contributed by atoms with Crippen LogP contribution in [0.1, 0.15) is 10.6 Å². The number of aromatic nitrogens is 1. The van der Waals surface area contributed by atoms with E-state index in [2.05, 4.69) is 11.1 Å². The summed E-state index contributed by atoms with van der Waals surface area (Å²) in [5.41, 5.74) is 1.62. The smallest absolute Gasteiger partial charge is 0.345 e. The van der Waals surface area contributed by atoms with Gasteiger partial charge in [-0.3, -0.25) is 0 Å². The van der Waals surface area contributed by atoms with Crippen LogP contribution in [0.5, 0.6) is 5.75 Å². The van der Waals surface area contributed by atoms with Crippen LogP contribution < -0.4 is 10.4 Å². The van der Waals surface area contributed by atoms with Gasteiger partial charge in [0.15, 0.2) is 0 Å². The molecule has 4 aromatic rings. The van der Waals surface area contributed by atoms with Gasteiger partial charge in [0, 0.05) is 21.4 Å². The molecule has 30 heavy (non-hydrogen) atoms. The number of hydrogen-bond donors (Lipinski definition) is 0. The number of benzene rings is 2. The topological polar surface area (TPSA) is 76.1 Å². The van der Waals surface area contributed by atoms with E-state index in [0.717, 1.165) is 5.39 Å². The molecule has 0 atom stereocenters. The Kier molecular flexibility index (Phi) is 5.60. The Bertz CT molecular complexity index is 1400. The number of nitriles is 1. The van der Waals surface area contributed by atoms with Crippen molar-refractivity contribution in [3.8, 4) is 23.1 Å². The molecule has 0 radical (unpaired) electrons. The van der Waals surface area contributed by atoms with E-state index in [1.165, 1.54) is 18.4 Å². The Morgan fingerprint density at radius 2 is 2.07 bits per heavy atom. The fourth-order valence-electron chi connectivity index (χ4n) is 2.96. The van der Waals surface area contributed by atoms with Crippen LogP contribution in [0.15, 0.2) is 57.1 Å². The molecule has 0 aliphatic heterocycles. The molecule has 0 aliphatic rings. The van der Waals surface area contributed by atoms with Crippen molar-refractivity contribution in [3.05, 3.63) is 78.9 Å². The van der Waals surface area contributed by atoms with Gasteiger partial charge in [0.2, 0.25) is 0 Å². The van der Waals surface area contributed by atoms with Crippen molar-refractivity contribution < 1.29 is 9.15 Å². The lowest BCUT2D eigenvalue weighted by Gasteiger charge is -2.08. The van der Waals surface area contributed by atoms with Crippen LogP contribution in [0.2, 0.25) is 10.0 Å². The summed E-state index contributed by atoms with van der Waals surface area (Å²) in [6.07, 6.45) is 1.60. The predicted molar refractivity (Wildman–Crippen MR) is 120 cm³/mol. The van der Waals surface area contributed by atoms with E-state index in [1.807, 2.05) is 12.1 Å². The van der Waals surface area contributed by atoms with Gasteiger partial charge in [0.1, 0.15) is 22.4 Å². The van der Waals surface area contributed by atoms with Gasteiger partial charge < -0.3 is 9.15 Å². The first kappa shape index (κ1) is 20.2. The molecule has 4 rings (SSSR count). The number of hydrogen-bond acceptors (Lipinski definition) is 6. The maximum Gasteiger partial charge on any atom is 0.345 e. The number of fused-ring (bicyclic) bond motifs is 1. The normalized spacial score (nSPS) is 11.5. The van der Waals surface area contributed by atoms with Gasteiger partial charge in [-0.2, -0.15) is 5.26 Å². The maximum absolute atomic E-state index is 12.4. The van der Waals surface area contributed by atoms with Gasteiger partial charge in [-0.05, 0) is 30.3 Å². The van der Waals surface area contributed by atoms with Crippen LogP contribution in [0, 0.1) is 11.3 Å². The van der Waals surface area contributed by atoms with Crippen molar-refractivity contribution in [2.75, 3.05) is 7.11 Å². The summed E-state index contributed by atoms with van der Waals surface area (Å²) >= 11 is 13.5. The molecule has 8 heteroatoms. The third kappa shape index (κ3) is 3.83. The Labute approximate surface area is 185 Å². The molecule has 0 saturated carbocycles. The third-order valence-electron chi connectivity index (χ3n) is 4.31. The molecule has 2 aromatic heterocycles. The van der Waals surface area contributed by atoms with Gasteiger partial charge in [-0.25, -0.2) is 9.78 Å². The maximum atomic E-state index is 12.4. The number of methoxy groups -OCH3 is 1. The third-order valence-corrected chi connectivity index (χ3v) is 5.69. The largest absolute Gasteiger partial charge is 0.495 e. The second-order valence-electron chi connectivity index (χ2n) is 6.20. The minimum Gasteiger partial charge on any atom is -0.495 e. The van der Waals surface area contributed by atoms with E-state index in [1.54, 1.807) is 41.8 Å². The molecule has 0 bridgehead atoms. The van der Waals surface area contributed by atoms with E-state index in [4.69, 9.17) is 32.4 Å². The Morgan fingerprint density at radius 1 is 1.27 bits per heavy atom. The van der Waals surface area contributed by atoms with Crippen LogP contribution in [-0.4, -0.2) is 12.1 Å². The molecule has 148 valence electrons. The highest BCUT2D eigenvalue weighted by Crippen LogP contribution is 2.35. The first-order chi connectivity index (χ1) is 14.5. The number of halogens is 2. The van der Waals surface area contributed by atoms with Gasteiger partial charge in [0.05, 0.1) is 29.0 Å². The summed E-state index contributed by atoms with van der Waals surface area (Å²) in [5.74, 6) is 0.403. The number of allylic oxidation sites excluding steroid dienone is 1. The average molecular weight is 455 g/mol. The number of para-hydroxylation sites is 1. The Hall–Kier alpha value is -3.11. The summed E-state index contributed by atoms with van der Waals surface area (Å²) < 4.78 is 10.7. The lowest BCUT2D eigenvalue weighted by Crippen LogP contribution is -2.02. The molecule has 0 aliphatic carbocycles. The highest BCUT2D eigenvalue weighted by atomic mass is 35.5. The van der Waals surface area contributed by atoms with Gasteiger partial charge >= 0.3 is 5.63 Å². The highest BCUT2D eigenvalue weighted by Gasteiger charge is 2.15. The van der Waals surface area contributed by atoms with E-state index in [9.17, 15) is 10.1 Å². The number of rotatable bonds is 4. The molecule has 0 saturated heterocycles. The predicted octanol–water partition coefficient (Wildman–Crippen LogP) is 6.30. The number of thiazole rings is 1. The fourth-order valence-corrected chi connectivity index (χ4v) is 4.33. The Balaban J connectivity index is 1.79. The minimum atomic E-state index is -0.490. The summed E-state index contributed by atoms with van der Waals surface area (Å²) in [6.45, 7) is 0. The first-order valence-corrected chi connectivity index (χ1v) is 10.3. The quantitative estimate of drug-likeness (QED) is 0.267. The van der Waals surface area contributed by atoms with Crippen molar-refractivity contribution in [2.45, 2.75) is 0 Å². The molecule has 0 amide bonds. The number of nitrogens with zero attached hydrogens (tertiary/aromatic N) is 2. The Morgan fingerprint density at radius 3 is 2.83 bits per heavy atom. The molecular weight excluding hydrogens is 443 g/mol. The minimum absolute atomic E-state index is 0.285. The molecule has 0 N–H and O–H groups in total. The second-order valence-corrected chi connectivity index (χ2v) is 7.90. The van der Waals surface area contributed by atoms with Crippen molar-refractivity contribution in [2.24, 2.45) is 0 Å². The standard InChI is InChI=1S/C22H12Cl2N2O3S/c1-28-20-13(7-15(23)9-17(20)24)6-14(10-25)21-26-18(11-30-21)16-8-12-4-2-3-5-19(12)29-22(16)27/h2-9,11H,1H3/b14-6-. The zero-order valence-corrected chi connectivity index (χ0v) is 17.8. The molecule has 5 nitrogen and oxygen atoms in total. The van der Waals surface area contributed by atoms with E-state index in [-0.39, 0.29) is 5.57 Å². The van der Waals surface area contributed by atoms with Crippen LogP contribution >= 0.6 is 34.5 Å². The molecule has 0 fully saturated rings. The summed E-state index contributed by atoms with van der Waals surface area (Å²) in [5, 5.41) is 13.4. The molecular formula is C22H12Cl2N2O3S. The van der Waals surface area contributed by atoms with Gasteiger partial charge in [-0.1, -0.05) is 41.4 Å². The summed E-state index contributed by atoms with van der Waals surface area (Å²) in [6, 6.07) is 14.3. The van der Waals surface area contributed by atoms with Crippen molar-refractivity contribution in [1.82, 2.24) is 4.98 Å². The number of ether oxygens (including phenoxy) is 1. The fraction of sp³-hybridized carbons (Fsp3) is 0.0455. The molecule has 0 spiro atoms. The van der Waals surface area contributed by atoms with Gasteiger partial charge in [-0.15, -0.1) is 11.3 Å². The van der Waals surface area contributed by atoms with Crippen LogP contribution in [0.25, 0.3) is 33.9 Å². The summed E-state index contributed by atoms with van der Waals surface area (Å²) in [7, 11) is 1.49. The van der Waals surface area contributed by atoms with Crippen LogP contribution in [0.4, 0.5) is 0 Å². The van der Waals surface area contributed by atoms with Crippen molar-refractivity contribution in [1.29, 1.82) is 5.26 Å². The lowest BCUT2D eigenvalue weighted by molar-refractivity contribution is 0.414. The van der Waals surface area contributed by atoms with Crippen LogP contribution in [0.3, 0.4) is 0 Å². The zero-order valence-electron chi connectivity index (χ0n) is 15.5. The SMILES string of the molecule is COc1c(Cl)cc(Cl)cc1/C=C(/C#N)c1nc(-c2cc3ccccc3oc2=O)cs1. The van der Waals surface area contributed by atoms with E-state index >= 15 is 0 Å². The second kappa shape index (κ2) is 8.33. The highest BCUT2D eigenvalue weighted by molar-refractivity contribution is 7.11. The molecule has 0 unspecified atom stereocenters. The zero-order chi connectivity index (χ0) is 21.3.